The summed E-state index contributed by atoms with van der Waals surface area (Å²) >= 11 is 7.35. The molecule has 1 heterocycles. The van der Waals surface area contributed by atoms with E-state index in [1.165, 1.54) is 17.8 Å². The molecule has 1 unspecified atom stereocenters. The Labute approximate surface area is 159 Å². The average molecular weight is 396 g/mol. The van der Waals surface area contributed by atoms with E-state index >= 15 is 0 Å². The van der Waals surface area contributed by atoms with Gasteiger partial charge in [0.05, 0.1) is 5.02 Å². The Morgan fingerprint density at radius 1 is 1.19 bits per heavy atom. The van der Waals surface area contributed by atoms with Crippen molar-refractivity contribution in [3.63, 3.8) is 0 Å². The lowest BCUT2D eigenvalue weighted by molar-refractivity contribution is 0.290. The number of hydrogen-bond donors (Lipinski definition) is 0. The zero-order valence-corrected chi connectivity index (χ0v) is 15.7. The second-order valence-corrected chi connectivity index (χ2v) is 7.32. The van der Waals surface area contributed by atoms with E-state index in [0.717, 1.165) is 12.1 Å². The molecule has 26 heavy (non-hydrogen) atoms. The Balaban J connectivity index is 1.70. The fourth-order valence-electron chi connectivity index (χ4n) is 2.33. The van der Waals surface area contributed by atoms with Crippen LogP contribution in [0.4, 0.5) is 8.78 Å². The van der Waals surface area contributed by atoms with E-state index in [2.05, 4.69) is 10.2 Å². The molecule has 0 radical (unpaired) electrons. The van der Waals surface area contributed by atoms with E-state index in [-0.39, 0.29) is 17.4 Å². The van der Waals surface area contributed by atoms with Gasteiger partial charge < -0.3 is 9.30 Å². The summed E-state index contributed by atoms with van der Waals surface area (Å²) in [5.41, 5.74) is 0.284. The van der Waals surface area contributed by atoms with Crippen molar-refractivity contribution in [3.8, 4) is 5.75 Å². The van der Waals surface area contributed by atoms with Gasteiger partial charge in [0.25, 0.3) is 0 Å². The quantitative estimate of drug-likeness (QED) is 0.539. The minimum absolute atomic E-state index is 0.191. The minimum Gasteiger partial charge on any atom is -0.484 e. The number of hydrogen-bond acceptors (Lipinski definition) is 4. The predicted molar refractivity (Wildman–Crippen MR) is 97.4 cm³/mol. The maximum Gasteiger partial charge on any atom is 0.191 e. The number of aromatic nitrogens is 3. The lowest BCUT2D eigenvalue weighted by Gasteiger charge is -2.12. The predicted octanol–water partition coefficient (Wildman–Crippen LogP) is 5.18. The van der Waals surface area contributed by atoms with Crippen LogP contribution in [0.1, 0.15) is 23.6 Å². The lowest BCUT2D eigenvalue weighted by atomic mass is 10.1. The molecule has 0 aliphatic carbocycles. The molecule has 0 saturated heterocycles. The number of para-hydroxylation sites is 1. The first-order valence-corrected chi connectivity index (χ1v) is 9.08. The van der Waals surface area contributed by atoms with Crippen molar-refractivity contribution < 1.29 is 13.5 Å². The van der Waals surface area contributed by atoms with Crippen LogP contribution in [-0.2, 0) is 13.7 Å². The molecule has 0 N–H and O–H groups in total. The van der Waals surface area contributed by atoms with Crippen molar-refractivity contribution in [3.05, 3.63) is 70.5 Å². The molecule has 0 amide bonds. The third kappa shape index (κ3) is 4.16. The van der Waals surface area contributed by atoms with Gasteiger partial charge in [-0.2, -0.15) is 0 Å². The topological polar surface area (TPSA) is 39.9 Å². The van der Waals surface area contributed by atoms with Gasteiger partial charge in [-0.15, -0.1) is 10.2 Å². The highest BCUT2D eigenvalue weighted by molar-refractivity contribution is 7.99. The van der Waals surface area contributed by atoms with Crippen LogP contribution in [0.5, 0.6) is 5.75 Å². The summed E-state index contributed by atoms with van der Waals surface area (Å²) in [6.45, 7) is 1.98. The van der Waals surface area contributed by atoms with Crippen molar-refractivity contribution in [2.45, 2.75) is 23.9 Å². The van der Waals surface area contributed by atoms with E-state index in [1.54, 1.807) is 30.7 Å². The zero-order valence-electron chi connectivity index (χ0n) is 14.1. The van der Waals surface area contributed by atoms with Crippen LogP contribution < -0.4 is 4.74 Å². The molecular formula is C18H16ClF2N3OS. The first-order valence-electron chi connectivity index (χ1n) is 7.83. The van der Waals surface area contributed by atoms with Gasteiger partial charge >= 0.3 is 0 Å². The van der Waals surface area contributed by atoms with Gasteiger partial charge in [0.2, 0.25) is 0 Å². The first kappa shape index (κ1) is 18.7. The van der Waals surface area contributed by atoms with Gasteiger partial charge in [-0.25, -0.2) is 8.78 Å². The lowest BCUT2D eigenvalue weighted by Crippen LogP contribution is -2.05. The van der Waals surface area contributed by atoms with Crippen LogP contribution in [-0.4, -0.2) is 14.8 Å². The average Bonchev–Trinajstić information content (AvgIpc) is 2.96. The largest absolute Gasteiger partial charge is 0.484 e. The van der Waals surface area contributed by atoms with Gasteiger partial charge in [-0.3, -0.25) is 0 Å². The molecule has 0 fully saturated rings. The summed E-state index contributed by atoms with van der Waals surface area (Å²) in [4.78, 5) is 0. The number of ether oxygens (including phenoxy) is 1. The summed E-state index contributed by atoms with van der Waals surface area (Å²) in [7, 11) is 1.79. The third-order valence-electron chi connectivity index (χ3n) is 3.80. The van der Waals surface area contributed by atoms with Crippen molar-refractivity contribution in [2.24, 2.45) is 7.05 Å². The molecule has 0 aliphatic rings. The molecule has 136 valence electrons. The fourth-order valence-corrected chi connectivity index (χ4v) is 3.49. The van der Waals surface area contributed by atoms with Crippen molar-refractivity contribution >= 4 is 23.4 Å². The number of halogens is 3. The summed E-state index contributed by atoms with van der Waals surface area (Å²) in [6.07, 6.45) is 0. The molecule has 0 spiro atoms. The Hall–Kier alpha value is -2.12. The number of benzene rings is 2. The molecule has 1 aromatic heterocycles. The molecule has 8 heteroatoms. The standard InChI is InChI=1S/C18H16ClF2N3OS/c1-11(13-9-12(20)7-8-15(13)21)26-18-23-22-17(24(18)2)10-25-16-6-4-3-5-14(16)19/h3-9,11H,10H2,1-2H3. The van der Waals surface area contributed by atoms with E-state index in [4.69, 9.17) is 16.3 Å². The molecule has 0 saturated carbocycles. The first-order chi connectivity index (χ1) is 12.5. The Bertz CT molecular complexity index is 919. The third-order valence-corrected chi connectivity index (χ3v) is 5.28. The summed E-state index contributed by atoms with van der Waals surface area (Å²) < 4.78 is 34.7. The maximum absolute atomic E-state index is 13.9. The van der Waals surface area contributed by atoms with Crippen molar-refractivity contribution in [1.29, 1.82) is 0 Å². The molecule has 3 rings (SSSR count). The molecule has 4 nitrogen and oxygen atoms in total. The van der Waals surface area contributed by atoms with Crippen LogP contribution in [0.15, 0.2) is 47.6 Å². The molecular weight excluding hydrogens is 380 g/mol. The van der Waals surface area contributed by atoms with Crippen LogP contribution in [0.25, 0.3) is 0 Å². The van der Waals surface area contributed by atoms with Crippen molar-refractivity contribution in [1.82, 2.24) is 14.8 Å². The van der Waals surface area contributed by atoms with Gasteiger partial charge in [-0.1, -0.05) is 35.5 Å². The van der Waals surface area contributed by atoms with Gasteiger partial charge in [0, 0.05) is 17.9 Å². The Kier molecular flexibility index (Phi) is 5.78. The molecule has 2 aromatic carbocycles. The Morgan fingerprint density at radius 2 is 1.96 bits per heavy atom. The minimum atomic E-state index is -0.472. The highest BCUT2D eigenvalue weighted by Crippen LogP contribution is 2.35. The van der Waals surface area contributed by atoms with Gasteiger partial charge in [0.15, 0.2) is 11.0 Å². The maximum atomic E-state index is 13.9. The second kappa shape index (κ2) is 8.05. The van der Waals surface area contributed by atoms with Crippen LogP contribution in [0, 0.1) is 11.6 Å². The number of nitrogens with zero attached hydrogens (tertiary/aromatic N) is 3. The highest BCUT2D eigenvalue weighted by Gasteiger charge is 2.18. The normalized spacial score (nSPS) is 12.2. The number of rotatable bonds is 6. The summed E-state index contributed by atoms with van der Waals surface area (Å²) in [5, 5.41) is 8.99. The van der Waals surface area contributed by atoms with E-state index < -0.39 is 11.6 Å². The van der Waals surface area contributed by atoms with Crippen LogP contribution in [0.3, 0.4) is 0 Å². The van der Waals surface area contributed by atoms with Crippen molar-refractivity contribution in [2.75, 3.05) is 0 Å². The van der Waals surface area contributed by atoms with Crippen LogP contribution >= 0.6 is 23.4 Å². The summed E-state index contributed by atoms with van der Waals surface area (Å²) in [6, 6.07) is 10.6. The summed E-state index contributed by atoms with van der Waals surface area (Å²) in [5.74, 6) is 0.234. The fraction of sp³-hybridized carbons (Fsp3) is 0.222. The molecule has 0 bridgehead atoms. The van der Waals surface area contributed by atoms with Crippen LogP contribution in [0.2, 0.25) is 5.02 Å². The van der Waals surface area contributed by atoms with E-state index in [1.807, 2.05) is 12.1 Å². The van der Waals surface area contributed by atoms with E-state index in [9.17, 15) is 8.78 Å². The van der Waals surface area contributed by atoms with Gasteiger partial charge in [-0.05, 0) is 37.3 Å². The molecule has 0 aliphatic heterocycles. The molecule has 1 atom stereocenters. The highest BCUT2D eigenvalue weighted by atomic mass is 35.5. The Morgan fingerprint density at radius 3 is 2.73 bits per heavy atom. The number of thioether (sulfide) groups is 1. The smallest absolute Gasteiger partial charge is 0.191 e. The second-order valence-electron chi connectivity index (χ2n) is 5.60. The van der Waals surface area contributed by atoms with Gasteiger partial charge in [0.1, 0.15) is 24.0 Å². The monoisotopic (exact) mass is 395 g/mol. The van der Waals surface area contributed by atoms with E-state index in [0.29, 0.717) is 21.8 Å². The SMILES string of the molecule is CC(Sc1nnc(COc2ccccc2Cl)n1C)c1cc(F)ccc1F. The molecule has 3 aromatic rings. The zero-order chi connectivity index (χ0) is 18.7.